The first-order chi connectivity index (χ1) is 9.04. The molecule has 1 heterocycles. The number of halogens is 1. The van der Waals surface area contributed by atoms with Crippen LogP contribution in [0, 0.1) is 17.1 Å². The minimum absolute atomic E-state index is 0.0994. The molecule has 19 heavy (non-hydrogen) atoms. The summed E-state index contributed by atoms with van der Waals surface area (Å²) < 4.78 is 14.0. The van der Waals surface area contributed by atoms with Crippen molar-refractivity contribution in [1.82, 2.24) is 4.90 Å². The molecule has 1 fully saturated rings. The Hall–Kier alpha value is -2.09. The molecule has 0 aromatic heterocycles. The Kier molecular flexibility index (Phi) is 2.49. The van der Waals surface area contributed by atoms with Gasteiger partial charge in [0.1, 0.15) is 11.4 Å². The van der Waals surface area contributed by atoms with Gasteiger partial charge in [0.05, 0.1) is 11.8 Å². The first kappa shape index (κ1) is 12.0. The van der Waals surface area contributed by atoms with Crippen LogP contribution >= 0.6 is 0 Å². The number of carbonyl (C=O) groups excluding carboxylic acids is 1. The number of anilines is 1. The number of carbonyl (C=O) groups is 1. The number of nitriles is 1. The summed E-state index contributed by atoms with van der Waals surface area (Å²) in [5.74, 6) is -0.499. The van der Waals surface area contributed by atoms with Crippen molar-refractivity contribution in [3.8, 4) is 6.07 Å². The fraction of sp³-hybridized carbons (Fsp3) is 0.429. The molecule has 1 aromatic carbocycles. The van der Waals surface area contributed by atoms with E-state index in [4.69, 9.17) is 5.26 Å². The van der Waals surface area contributed by atoms with E-state index in [9.17, 15) is 9.18 Å². The van der Waals surface area contributed by atoms with Crippen molar-refractivity contribution in [3.63, 3.8) is 0 Å². The molecule has 1 N–H and O–H groups in total. The van der Waals surface area contributed by atoms with Gasteiger partial charge >= 0.3 is 0 Å². The van der Waals surface area contributed by atoms with Crippen LogP contribution in [-0.2, 0) is 6.54 Å². The maximum atomic E-state index is 14.0. The van der Waals surface area contributed by atoms with Gasteiger partial charge in [-0.05, 0) is 37.0 Å². The molecule has 1 aliphatic heterocycles. The van der Waals surface area contributed by atoms with Crippen LogP contribution in [0.25, 0.3) is 0 Å². The van der Waals surface area contributed by atoms with Crippen molar-refractivity contribution in [1.29, 1.82) is 5.26 Å². The summed E-state index contributed by atoms with van der Waals surface area (Å²) >= 11 is 0. The van der Waals surface area contributed by atoms with Crippen LogP contribution in [0.2, 0.25) is 0 Å². The van der Waals surface area contributed by atoms with E-state index in [0.717, 1.165) is 6.42 Å². The molecule has 1 aromatic rings. The lowest BCUT2D eigenvalue weighted by Crippen LogP contribution is -2.43. The van der Waals surface area contributed by atoms with E-state index >= 15 is 0 Å². The van der Waals surface area contributed by atoms with E-state index in [0.29, 0.717) is 30.5 Å². The Morgan fingerprint density at radius 1 is 1.47 bits per heavy atom. The van der Waals surface area contributed by atoms with Gasteiger partial charge in [-0.2, -0.15) is 5.26 Å². The van der Waals surface area contributed by atoms with E-state index in [-0.39, 0.29) is 11.6 Å². The van der Waals surface area contributed by atoms with E-state index in [1.807, 2.05) is 0 Å². The van der Waals surface area contributed by atoms with Crippen LogP contribution in [0.3, 0.4) is 0 Å². The minimum atomic E-state index is -0.664. The maximum Gasteiger partial charge on any atom is 0.254 e. The molecule has 4 nitrogen and oxygen atoms in total. The highest BCUT2D eigenvalue weighted by Gasteiger charge is 2.38. The van der Waals surface area contributed by atoms with Crippen molar-refractivity contribution >= 4 is 11.6 Å². The highest BCUT2D eigenvalue weighted by molar-refractivity contribution is 5.99. The van der Waals surface area contributed by atoms with Gasteiger partial charge in [-0.25, -0.2) is 4.39 Å². The predicted molar refractivity (Wildman–Crippen MR) is 68.0 cm³/mol. The lowest BCUT2D eigenvalue weighted by molar-refractivity contribution is 0.0816. The van der Waals surface area contributed by atoms with Crippen molar-refractivity contribution in [2.75, 3.05) is 12.4 Å². The summed E-state index contributed by atoms with van der Waals surface area (Å²) in [6, 6.07) is 5.13. The highest BCUT2D eigenvalue weighted by atomic mass is 19.1. The summed E-state index contributed by atoms with van der Waals surface area (Å²) in [6.07, 6.45) is 2.40. The normalized spacial score (nSPS) is 19.6. The molecular formula is C14H14FN3O. The third-order valence-electron chi connectivity index (χ3n) is 3.97. The topological polar surface area (TPSA) is 56.1 Å². The number of nitrogens with one attached hydrogen (secondary N) is 1. The number of hydrogen-bond acceptors (Lipinski definition) is 3. The second-order valence-electron chi connectivity index (χ2n) is 5.32. The Morgan fingerprint density at radius 3 is 2.79 bits per heavy atom. The molecule has 0 unspecified atom stereocenters. The third kappa shape index (κ3) is 1.75. The Morgan fingerprint density at radius 2 is 2.21 bits per heavy atom. The summed E-state index contributed by atoms with van der Waals surface area (Å²) in [5, 5.41) is 12.1. The van der Waals surface area contributed by atoms with E-state index in [1.54, 1.807) is 11.9 Å². The SMILES string of the molecule is CN1Cc2cc(F)c(NC3(C#N)CCC3)cc2C1=O. The number of nitrogens with zero attached hydrogens (tertiary/aromatic N) is 2. The molecule has 0 radical (unpaired) electrons. The van der Waals surface area contributed by atoms with Crippen LogP contribution in [0.4, 0.5) is 10.1 Å². The number of fused-ring (bicyclic) bond motifs is 1. The number of rotatable bonds is 2. The fourth-order valence-corrected chi connectivity index (χ4v) is 2.63. The zero-order valence-corrected chi connectivity index (χ0v) is 10.7. The Balaban J connectivity index is 1.96. The Bertz CT molecular complexity index is 601. The average Bonchev–Trinajstić information content (AvgIpc) is 2.60. The summed E-state index contributed by atoms with van der Waals surface area (Å²) in [7, 11) is 1.69. The molecule has 0 spiro atoms. The zero-order chi connectivity index (χ0) is 13.6. The van der Waals surface area contributed by atoms with Gasteiger partial charge < -0.3 is 10.2 Å². The molecule has 2 aliphatic rings. The maximum absolute atomic E-state index is 14.0. The lowest BCUT2D eigenvalue weighted by Gasteiger charge is -2.36. The molecule has 3 rings (SSSR count). The Labute approximate surface area is 110 Å². The van der Waals surface area contributed by atoms with Crippen molar-refractivity contribution in [3.05, 3.63) is 29.1 Å². The molecule has 98 valence electrons. The molecule has 0 saturated heterocycles. The standard InChI is InChI=1S/C14H14FN3O/c1-18-7-9-5-11(15)12(6-10(9)13(18)19)17-14(8-16)3-2-4-14/h5-6,17H,2-4,7H2,1H3. The summed E-state index contributed by atoms with van der Waals surface area (Å²) in [6.45, 7) is 0.439. The van der Waals surface area contributed by atoms with Gasteiger partial charge in [-0.3, -0.25) is 4.79 Å². The van der Waals surface area contributed by atoms with E-state index in [2.05, 4.69) is 11.4 Å². The molecule has 0 atom stereocenters. The predicted octanol–water partition coefficient (Wildman–Crippen LogP) is 2.27. The summed E-state index contributed by atoms with van der Waals surface area (Å²) in [5.41, 5.74) is 0.820. The first-order valence-corrected chi connectivity index (χ1v) is 6.32. The molecular weight excluding hydrogens is 245 g/mol. The van der Waals surface area contributed by atoms with Gasteiger partial charge in [-0.15, -0.1) is 0 Å². The molecule has 0 bridgehead atoms. The van der Waals surface area contributed by atoms with E-state index in [1.165, 1.54) is 12.1 Å². The van der Waals surface area contributed by atoms with Crippen LogP contribution < -0.4 is 5.32 Å². The van der Waals surface area contributed by atoms with Crippen LogP contribution in [0.5, 0.6) is 0 Å². The highest BCUT2D eigenvalue weighted by Crippen LogP contribution is 2.36. The van der Waals surface area contributed by atoms with Crippen LogP contribution in [0.1, 0.15) is 35.2 Å². The van der Waals surface area contributed by atoms with Gasteiger partial charge in [0.15, 0.2) is 0 Å². The second kappa shape index (κ2) is 3.95. The van der Waals surface area contributed by atoms with Gasteiger partial charge in [0.25, 0.3) is 5.91 Å². The molecule has 5 heteroatoms. The van der Waals surface area contributed by atoms with Crippen molar-refractivity contribution in [2.45, 2.75) is 31.3 Å². The number of amides is 1. The quantitative estimate of drug-likeness (QED) is 0.886. The number of benzene rings is 1. The largest absolute Gasteiger partial charge is 0.365 e. The first-order valence-electron chi connectivity index (χ1n) is 6.32. The van der Waals surface area contributed by atoms with Crippen LogP contribution in [0.15, 0.2) is 12.1 Å². The van der Waals surface area contributed by atoms with Crippen molar-refractivity contribution < 1.29 is 9.18 Å². The molecule has 1 amide bonds. The molecule has 1 saturated carbocycles. The van der Waals surface area contributed by atoms with E-state index < -0.39 is 11.4 Å². The van der Waals surface area contributed by atoms with Gasteiger partial charge in [-0.1, -0.05) is 0 Å². The fourth-order valence-electron chi connectivity index (χ4n) is 2.63. The van der Waals surface area contributed by atoms with Crippen molar-refractivity contribution in [2.24, 2.45) is 0 Å². The van der Waals surface area contributed by atoms with Crippen LogP contribution in [-0.4, -0.2) is 23.4 Å². The monoisotopic (exact) mass is 259 g/mol. The zero-order valence-electron chi connectivity index (χ0n) is 10.7. The smallest absolute Gasteiger partial charge is 0.254 e. The summed E-state index contributed by atoms with van der Waals surface area (Å²) in [4.78, 5) is 13.4. The lowest BCUT2D eigenvalue weighted by atomic mass is 9.78. The average molecular weight is 259 g/mol. The third-order valence-corrected chi connectivity index (χ3v) is 3.97. The van der Waals surface area contributed by atoms with Gasteiger partial charge in [0.2, 0.25) is 0 Å². The second-order valence-corrected chi connectivity index (χ2v) is 5.32. The van der Waals surface area contributed by atoms with Gasteiger partial charge in [0, 0.05) is 19.2 Å². The number of hydrogen-bond donors (Lipinski definition) is 1. The molecule has 1 aliphatic carbocycles. The minimum Gasteiger partial charge on any atom is -0.365 e.